The summed E-state index contributed by atoms with van der Waals surface area (Å²) in [6.45, 7) is 0. The highest BCUT2D eigenvalue weighted by molar-refractivity contribution is 7.80. The SMILES string of the molecule is Fc1cccc(-n2cccc2C2C(c3ccccn3)NC(=S)N2c2ccc(Cl)cc2)c1. The lowest BCUT2D eigenvalue weighted by atomic mass is 10.0. The molecule has 5 rings (SSSR count). The minimum absolute atomic E-state index is 0.188. The van der Waals surface area contributed by atoms with Gasteiger partial charge < -0.3 is 14.8 Å². The number of hydrogen-bond acceptors (Lipinski definition) is 2. The zero-order chi connectivity index (χ0) is 21.4. The fourth-order valence-corrected chi connectivity index (χ4v) is 4.50. The number of nitrogens with zero attached hydrogens (tertiary/aromatic N) is 3. The van der Waals surface area contributed by atoms with Crippen molar-refractivity contribution in [2.45, 2.75) is 12.1 Å². The Morgan fingerprint density at radius 1 is 0.935 bits per heavy atom. The maximum atomic E-state index is 14.0. The largest absolute Gasteiger partial charge is 0.351 e. The van der Waals surface area contributed by atoms with Gasteiger partial charge in [-0.3, -0.25) is 4.98 Å². The van der Waals surface area contributed by atoms with Crippen molar-refractivity contribution < 1.29 is 4.39 Å². The summed E-state index contributed by atoms with van der Waals surface area (Å²) in [7, 11) is 0. The maximum absolute atomic E-state index is 14.0. The Bertz CT molecular complexity index is 1230. The molecule has 2 aromatic carbocycles. The Balaban J connectivity index is 1.67. The summed E-state index contributed by atoms with van der Waals surface area (Å²) >= 11 is 11.9. The molecule has 1 aliphatic rings. The molecule has 4 nitrogen and oxygen atoms in total. The summed E-state index contributed by atoms with van der Waals surface area (Å²) < 4.78 is 16.0. The van der Waals surface area contributed by atoms with Gasteiger partial charge in [0.25, 0.3) is 0 Å². The van der Waals surface area contributed by atoms with E-state index in [9.17, 15) is 4.39 Å². The first-order chi connectivity index (χ1) is 15.1. The molecule has 0 bridgehead atoms. The Morgan fingerprint density at radius 3 is 2.52 bits per heavy atom. The molecule has 0 aliphatic carbocycles. The quantitative estimate of drug-likeness (QED) is 0.397. The second kappa shape index (κ2) is 8.13. The topological polar surface area (TPSA) is 33.1 Å². The maximum Gasteiger partial charge on any atom is 0.174 e. The molecule has 0 spiro atoms. The van der Waals surface area contributed by atoms with Crippen LogP contribution < -0.4 is 10.2 Å². The van der Waals surface area contributed by atoms with E-state index in [0.717, 1.165) is 22.8 Å². The van der Waals surface area contributed by atoms with Crippen LogP contribution in [0.1, 0.15) is 23.5 Å². The van der Waals surface area contributed by atoms with Crippen LogP contribution >= 0.6 is 23.8 Å². The Kier molecular flexibility index (Phi) is 5.18. The van der Waals surface area contributed by atoms with Crippen LogP contribution in [0.5, 0.6) is 0 Å². The molecule has 1 fully saturated rings. The van der Waals surface area contributed by atoms with Crippen molar-refractivity contribution in [2.24, 2.45) is 0 Å². The molecule has 2 atom stereocenters. The standard InChI is InChI=1S/C24H18ClFN4S/c25-16-9-11-18(12-10-16)30-23(22(28-24(30)31)20-7-1-2-13-27-20)21-8-4-14-29(21)19-6-3-5-17(26)15-19/h1-15,22-23H,(H,28,31). The average molecular weight is 449 g/mol. The normalized spacial score (nSPS) is 18.3. The lowest BCUT2D eigenvalue weighted by molar-refractivity contribution is 0.549. The van der Waals surface area contributed by atoms with Gasteiger partial charge in [0.15, 0.2) is 5.11 Å². The molecule has 1 N–H and O–H groups in total. The van der Waals surface area contributed by atoms with Crippen molar-refractivity contribution in [3.63, 3.8) is 0 Å². The van der Waals surface area contributed by atoms with Gasteiger partial charge in [-0.25, -0.2) is 4.39 Å². The summed E-state index contributed by atoms with van der Waals surface area (Å²) in [5.41, 5.74) is 3.49. The number of anilines is 1. The number of thiocarbonyl (C=S) groups is 1. The van der Waals surface area contributed by atoms with E-state index in [1.54, 1.807) is 12.3 Å². The third kappa shape index (κ3) is 3.69. The van der Waals surface area contributed by atoms with Crippen molar-refractivity contribution in [1.29, 1.82) is 0 Å². The predicted molar refractivity (Wildman–Crippen MR) is 125 cm³/mol. The molecule has 31 heavy (non-hydrogen) atoms. The van der Waals surface area contributed by atoms with Crippen molar-refractivity contribution in [3.05, 3.63) is 113 Å². The molecule has 0 amide bonds. The van der Waals surface area contributed by atoms with Gasteiger partial charge in [-0.1, -0.05) is 23.7 Å². The zero-order valence-electron chi connectivity index (χ0n) is 16.3. The van der Waals surface area contributed by atoms with Crippen LogP contribution in [0.4, 0.5) is 10.1 Å². The van der Waals surface area contributed by atoms with Crippen LogP contribution in [0.2, 0.25) is 5.02 Å². The van der Waals surface area contributed by atoms with Gasteiger partial charge in [0.05, 0.1) is 11.7 Å². The number of hydrogen-bond donors (Lipinski definition) is 1. The highest BCUT2D eigenvalue weighted by Crippen LogP contribution is 2.42. The van der Waals surface area contributed by atoms with E-state index in [1.165, 1.54) is 12.1 Å². The molecular formula is C24H18ClFN4S. The van der Waals surface area contributed by atoms with Gasteiger partial charge in [0, 0.05) is 34.5 Å². The van der Waals surface area contributed by atoms with Gasteiger partial charge in [-0.2, -0.15) is 0 Å². The molecule has 2 aromatic heterocycles. The number of halogens is 2. The summed E-state index contributed by atoms with van der Waals surface area (Å²) in [6, 6.07) is 23.5. The van der Waals surface area contributed by atoms with Crippen LogP contribution in [0.3, 0.4) is 0 Å². The minimum Gasteiger partial charge on any atom is -0.351 e. The highest BCUT2D eigenvalue weighted by atomic mass is 35.5. The monoisotopic (exact) mass is 448 g/mol. The first kappa shape index (κ1) is 19.7. The summed E-state index contributed by atoms with van der Waals surface area (Å²) in [5, 5.41) is 4.68. The minimum atomic E-state index is -0.284. The fourth-order valence-electron chi connectivity index (χ4n) is 4.03. The van der Waals surface area contributed by atoms with E-state index in [-0.39, 0.29) is 17.9 Å². The highest BCUT2D eigenvalue weighted by Gasteiger charge is 2.42. The van der Waals surface area contributed by atoms with Crippen molar-refractivity contribution in [3.8, 4) is 5.69 Å². The molecule has 4 aromatic rings. The fraction of sp³-hybridized carbons (Fsp3) is 0.0833. The molecule has 0 radical (unpaired) electrons. The van der Waals surface area contributed by atoms with E-state index in [0.29, 0.717) is 10.1 Å². The van der Waals surface area contributed by atoms with Gasteiger partial charge in [0.2, 0.25) is 0 Å². The Morgan fingerprint density at radius 2 is 1.77 bits per heavy atom. The molecular weight excluding hydrogens is 431 g/mol. The van der Waals surface area contributed by atoms with Crippen LogP contribution in [0, 0.1) is 5.82 Å². The van der Waals surface area contributed by atoms with E-state index in [1.807, 2.05) is 71.4 Å². The lowest BCUT2D eigenvalue weighted by Gasteiger charge is -2.29. The molecule has 1 saturated heterocycles. The third-order valence-electron chi connectivity index (χ3n) is 5.37. The average Bonchev–Trinajstić information content (AvgIpc) is 3.39. The van der Waals surface area contributed by atoms with Gasteiger partial charge in [-0.05, 0) is 78.9 Å². The van der Waals surface area contributed by atoms with Crippen LogP contribution in [0.25, 0.3) is 5.69 Å². The van der Waals surface area contributed by atoms with Crippen LogP contribution in [0.15, 0.2) is 91.3 Å². The van der Waals surface area contributed by atoms with E-state index in [4.69, 9.17) is 23.8 Å². The predicted octanol–water partition coefficient (Wildman–Crippen LogP) is 5.84. The molecule has 3 heterocycles. The van der Waals surface area contributed by atoms with E-state index >= 15 is 0 Å². The first-order valence-electron chi connectivity index (χ1n) is 9.81. The Hall–Kier alpha value is -3.22. The van der Waals surface area contributed by atoms with Crippen LogP contribution in [-0.2, 0) is 0 Å². The molecule has 154 valence electrons. The van der Waals surface area contributed by atoms with E-state index in [2.05, 4.69) is 15.2 Å². The molecule has 0 saturated carbocycles. The van der Waals surface area contributed by atoms with E-state index < -0.39 is 0 Å². The smallest absolute Gasteiger partial charge is 0.174 e. The Labute approximate surface area is 189 Å². The van der Waals surface area contributed by atoms with Crippen molar-refractivity contribution in [1.82, 2.24) is 14.9 Å². The number of nitrogens with one attached hydrogen (secondary N) is 1. The second-order valence-electron chi connectivity index (χ2n) is 7.26. The van der Waals surface area contributed by atoms with Crippen molar-refractivity contribution in [2.75, 3.05) is 4.90 Å². The zero-order valence-corrected chi connectivity index (χ0v) is 17.9. The number of rotatable bonds is 4. The van der Waals surface area contributed by atoms with Crippen molar-refractivity contribution >= 4 is 34.6 Å². The number of aromatic nitrogens is 2. The molecule has 1 aliphatic heterocycles. The van der Waals surface area contributed by atoms with Gasteiger partial charge in [-0.15, -0.1) is 0 Å². The first-order valence-corrected chi connectivity index (χ1v) is 10.6. The summed E-state index contributed by atoms with van der Waals surface area (Å²) in [5.74, 6) is -0.284. The summed E-state index contributed by atoms with van der Waals surface area (Å²) in [6.07, 6.45) is 3.70. The number of pyridine rings is 1. The molecule has 2 unspecified atom stereocenters. The van der Waals surface area contributed by atoms with Gasteiger partial charge >= 0.3 is 0 Å². The lowest BCUT2D eigenvalue weighted by Crippen LogP contribution is -2.30. The summed E-state index contributed by atoms with van der Waals surface area (Å²) in [4.78, 5) is 6.64. The van der Waals surface area contributed by atoms with Crippen LogP contribution in [-0.4, -0.2) is 14.7 Å². The number of benzene rings is 2. The van der Waals surface area contributed by atoms with Gasteiger partial charge in [0.1, 0.15) is 11.9 Å². The molecule has 7 heteroatoms. The second-order valence-corrected chi connectivity index (χ2v) is 8.08. The third-order valence-corrected chi connectivity index (χ3v) is 5.94.